The smallest absolute Gasteiger partial charge is 0.258 e. The number of carbonyl (C=O) groups is 3. The van der Waals surface area contributed by atoms with Gasteiger partial charge in [-0.25, -0.2) is 0 Å². The van der Waals surface area contributed by atoms with E-state index in [-0.39, 0.29) is 31.4 Å². The molecule has 2 fully saturated rings. The second kappa shape index (κ2) is 10.9. The molecule has 0 spiro atoms. The monoisotopic (exact) mass is 521 g/mol. The molecule has 4 rings (SSSR count). The van der Waals surface area contributed by atoms with Gasteiger partial charge in [-0.15, -0.1) is 18.2 Å². The molecule has 8 nitrogen and oxygen atoms in total. The van der Waals surface area contributed by atoms with Crippen LogP contribution in [0.1, 0.15) is 23.6 Å². The van der Waals surface area contributed by atoms with Gasteiger partial charge < -0.3 is 25.0 Å². The highest BCUT2D eigenvalue weighted by Gasteiger charge is 2.65. The molecule has 0 bridgehead atoms. The quantitative estimate of drug-likeness (QED) is 0.386. The number of thioether (sulfide) groups is 1. The molecule has 1 unspecified atom stereocenters. The molecule has 4 atom stereocenters. The van der Waals surface area contributed by atoms with Gasteiger partial charge in [0.15, 0.2) is 12.7 Å². The van der Waals surface area contributed by atoms with Gasteiger partial charge in [0.2, 0.25) is 0 Å². The number of nitrogens with zero attached hydrogens (tertiary/aromatic N) is 2. The largest absolute Gasteiger partial charge is 0.483 e. The van der Waals surface area contributed by atoms with E-state index in [4.69, 9.17) is 11.2 Å². The van der Waals surface area contributed by atoms with Crippen molar-refractivity contribution in [3.8, 4) is 18.1 Å². The zero-order chi connectivity index (χ0) is 26.7. The Morgan fingerprint density at radius 2 is 1.89 bits per heavy atom. The van der Waals surface area contributed by atoms with Gasteiger partial charge in [-0.1, -0.05) is 54.5 Å². The number of para-hydroxylation sites is 1. The van der Waals surface area contributed by atoms with Crippen molar-refractivity contribution in [2.24, 2.45) is 0 Å². The van der Waals surface area contributed by atoms with Crippen molar-refractivity contribution in [1.29, 1.82) is 0 Å². The first-order valence-corrected chi connectivity index (χ1v) is 13.1. The van der Waals surface area contributed by atoms with E-state index in [1.165, 1.54) is 16.7 Å². The van der Waals surface area contributed by atoms with Crippen LogP contribution in [0.15, 0.2) is 48.5 Å². The van der Waals surface area contributed by atoms with Crippen LogP contribution < -0.4 is 10.1 Å². The van der Waals surface area contributed by atoms with Crippen LogP contribution in [0.2, 0.25) is 0 Å². The van der Waals surface area contributed by atoms with Gasteiger partial charge in [0, 0.05) is 0 Å². The highest BCUT2D eigenvalue weighted by molar-refractivity contribution is 8.01. The van der Waals surface area contributed by atoms with Gasteiger partial charge in [0.1, 0.15) is 16.7 Å². The van der Waals surface area contributed by atoms with Crippen LogP contribution in [0.25, 0.3) is 0 Å². The third kappa shape index (κ3) is 5.17. The van der Waals surface area contributed by atoms with Crippen molar-refractivity contribution in [3.63, 3.8) is 0 Å². The molecule has 194 valence electrons. The van der Waals surface area contributed by atoms with Gasteiger partial charge in [-0.3, -0.25) is 14.4 Å². The van der Waals surface area contributed by atoms with E-state index in [0.717, 1.165) is 16.7 Å². The number of ether oxygens (including phenoxy) is 1. The molecule has 2 saturated heterocycles. The number of aryl methyl sites for hydroxylation is 2. The maximum Gasteiger partial charge on any atom is 0.258 e. The number of benzene rings is 2. The molecule has 2 heterocycles. The standard InChI is InChI=1S/C28H31N3O5S/c1-5-14-31-27(35)25-28(31,4)37-17-30(25)26(34)23(33)21(15-20-12-7-6-8-13-20)29-22(32)16-36-24-18(2)10-9-11-19(24)3/h1,6-13,21,23,25,33H,14-17H2,2-4H3,(H,29,32)/t21-,23-,25+,28?/m0/s1. The van der Waals surface area contributed by atoms with Crippen LogP contribution >= 0.6 is 11.8 Å². The summed E-state index contributed by atoms with van der Waals surface area (Å²) in [5, 5.41) is 14.0. The normalized spacial score (nSPS) is 21.9. The molecular weight excluding hydrogens is 490 g/mol. The number of aliphatic hydroxyl groups is 1. The summed E-state index contributed by atoms with van der Waals surface area (Å²) in [4.78, 5) is 41.4. The van der Waals surface area contributed by atoms with Crippen molar-refractivity contribution < 1.29 is 24.2 Å². The fourth-order valence-corrected chi connectivity index (χ4v) is 6.29. The lowest BCUT2D eigenvalue weighted by Gasteiger charge is -2.52. The van der Waals surface area contributed by atoms with Crippen molar-refractivity contribution >= 4 is 29.5 Å². The summed E-state index contributed by atoms with van der Waals surface area (Å²) < 4.78 is 5.76. The van der Waals surface area contributed by atoms with E-state index in [1.807, 2.05) is 69.3 Å². The van der Waals surface area contributed by atoms with E-state index in [1.54, 1.807) is 4.90 Å². The second-order valence-electron chi connectivity index (χ2n) is 9.49. The number of terminal acetylenes is 1. The average molecular weight is 522 g/mol. The summed E-state index contributed by atoms with van der Waals surface area (Å²) in [5.74, 6) is 2.04. The van der Waals surface area contributed by atoms with Crippen molar-refractivity contribution in [2.45, 2.75) is 50.3 Å². The van der Waals surface area contributed by atoms with Gasteiger partial charge in [-0.05, 0) is 43.9 Å². The molecule has 0 radical (unpaired) electrons. The van der Waals surface area contributed by atoms with Crippen molar-refractivity contribution in [1.82, 2.24) is 15.1 Å². The molecular formula is C28H31N3O5S. The highest BCUT2D eigenvalue weighted by Crippen LogP contribution is 2.50. The minimum absolute atomic E-state index is 0.163. The minimum Gasteiger partial charge on any atom is -0.483 e. The Hall–Kier alpha value is -3.48. The number of hydrogen-bond donors (Lipinski definition) is 2. The third-order valence-electron chi connectivity index (χ3n) is 6.92. The van der Waals surface area contributed by atoms with Crippen LogP contribution in [-0.4, -0.2) is 74.7 Å². The molecule has 0 aromatic heterocycles. The molecule has 37 heavy (non-hydrogen) atoms. The predicted molar refractivity (Wildman–Crippen MR) is 142 cm³/mol. The van der Waals surface area contributed by atoms with Crippen LogP contribution in [0, 0.1) is 26.2 Å². The number of hydrogen-bond acceptors (Lipinski definition) is 6. The zero-order valence-corrected chi connectivity index (χ0v) is 22.0. The number of nitrogens with one attached hydrogen (secondary N) is 1. The summed E-state index contributed by atoms with van der Waals surface area (Å²) in [6.45, 7) is 5.56. The number of fused-ring (bicyclic) bond motifs is 1. The fourth-order valence-electron chi connectivity index (χ4n) is 4.91. The lowest BCUT2D eigenvalue weighted by Crippen LogP contribution is -2.74. The summed E-state index contributed by atoms with van der Waals surface area (Å²) >= 11 is 1.43. The molecule has 0 aliphatic carbocycles. The van der Waals surface area contributed by atoms with Gasteiger partial charge >= 0.3 is 0 Å². The summed E-state index contributed by atoms with van der Waals surface area (Å²) in [7, 11) is 0. The Morgan fingerprint density at radius 1 is 1.22 bits per heavy atom. The Morgan fingerprint density at radius 3 is 2.54 bits per heavy atom. The first kappa shape index (κ1) is 26.6. The molecule has 2 aromatic carbocycles. The Kier molecular flexibility index (Phi) is 7.81. The topological polar surface area (TPSA) is 99.2 Å². The molecule has 2 aliphatic rings. The highest BCUT2D eigenvalue weighted by atomic mass is 32.2. The number of likely N-dealkylation sites (tertiary alicyclic amines) is 1. The lowest BCUT2D eigenvalue weighted by molar-refractivity contribution is -0.166. The molecule has 0 saturated carbocycles. The number of amides is 3. The van der Waals surface area contributed by atoms with E-state index >= 15 is 0 Å². The third-order valence-corrected chi connectivity index (χ3v) is 8.35. The number of aliphatic hydroxyl groups excluding tert-OH is 1. The molecule has 2 aromatic rings. The number of rotatable bonds is 9. The summed E-state index contributed by atoms with van der Waals surface area (Å²) in [5.41, 5.74) is 2.65. The molecule has 2 N–H and O–H groups in total. The summed E-state index contributed by atoms with van der Waals surface area (Å²) in [6, 6.07) is 13.4. The van der Waals surface area contributed by atoms with E-state index in [0.29, 0.717) is 5.75 Å². The zero-order valence-electron chi connectivity index (χ0n) is 21.1. The SMILES string of the molecule is C#CCN1C(=O)[C@H]2N(C(=O)[C@@H](O)[C@H](Cc3ccccc3)NC(=O)COc3c(C)cccc3C)CSC21C. The Bertz CT molecular complexity index is 1210. The lowest BCUT2D eigenvalue weighted by atomic mass is 9.93. The van der Waals surface area contributed by atoms with Crippen LogP contribution in [0.4, 0.5) is 0 Å². The number of β-lactam (4-membered cyclic amide) rings is 1. The number of carbonyl (C=O) groups excluding carboxylic acids is 3. The molecule has 2 aliphatic heterocycles. The van der Waals surface area contributed by atoms with Gasteiger partial charge in [-0.2, -0.15) is 0 Å². The van der Waals surface area contributed by atoms with Crippen LogP contribution in [-0.2, 0) is 20.8 Å². The minimum atomic E-state index is -1.55. The van der Waals surface area contributed by atoms with E-state index in [9.17, 15) is 19.5 Å². The molecule has 3 amide bonds. The van der Waals surface area contributed by atoms with Crippen molar-refractivity contribution in [3.05, 3.63) is 65.2 Å². The maximum absolute atomic E-state index is 13.4. The fraction of sp³-hybridized carbons (Fsp3) is 0.393. The predicted octanol–water partition coefficient (Wildman–Crippen LogP) is 1.86. The first-order chi connectivity index (χ1) is 17.7. The van der Waals surface area contributed by atoms with Gasteiger partial charge in [0.05, 0.1) is 18.5 Å². The van der Waals surface area contributed by atoms with Crippen molar-refractivity contribution in [2.75, 3.05) is 19.0 Å². The summed E-state index contributed by atoms with van der Waals surface area (Å²) in [6.07, 6.45) is 4.07. The van der Waals surface area contributed by atoms with Gasteiger partial charge in [0.25, 0.3) is 17.7 Å². The maximum atomic E-state index is 13.4. The van der Waals surface area contributed by atoms with Crippen LogP contribution in [0.5, 0.6) is 5.75 Å². The Balaban J connectivity index is 1.48. The molecule has 9 heteroatoms. The van der Waals surface area contributed by atoms with E-state index in [2.05, 4.69) is 11.2 Å². The Labute approximate surface area is 221 Å². The first-order valence-electron chi connectivity index (χ1n) is 12.1. The average Bonchev–Trinajstić information content (AvgIpc) is 3.19. The second-order valence-corrected chi connectivity index (χ2v) is 10.9. The van der Waals surface area contributed by atoms with E-state index < -0.39 is 34.9 Å². The van der Waals surface area contributed by atoms with Crippen LogP contribution in [0.3, 0.4) is 0 Å².